The van der Waals surface area contributed by atoms with Crippen LogP contribution < -0.4 is 16.0 Å². The minimum Gasteiger partial charge on any atom is -0.381 e. The highest BCUT2D eigenvalue weighted by Crippen LogP contribution is 2.40. The van der Waals surface area contributed by atoms with E-state index in [1.807, 2.05) is 12.0 Å². The summed E-state index contributed by atoms with van der Waals surface area (Å²) in [7, 11) is 1.83. The van der Waals surface area contributed by atoms with Crippen LogP contribution in [0.4, 0.5) is 0 Å². The van der Waals surface area contributed by atoms with Gasteiger partial charge in [0.25, 0.3) is 0 Å². The van der Waals surface area contributed by atoms with Gasteiger partial charge in [-0.05, 0) is 38.0 Å². The number of piperidine rings is 1. The van der Waals surface area contributed by atoms with Crippen LogP contribution in [0, 0.1) is 23.7 Å². The zero-order chi connectivity index (χ0) is 22.2. The van der Waals surface area contributed by atoms with Gasteiger partial charge in [-0.3, -0.25) is 14.9 Å². The Hall–Kier alpha value is -0.870. The van der Waals surface area contributed by atoms with Crippen molar-refractivity contribution in [3.8, 4) is 0 Å². The molecule has 0 radical (unpaired) electrons. The maximum absolute atomic E-state index is 13.4. The highest BCUT2D eigenvalue weighted by molar-refractivity contribution is 8.00. The SMILES string of the molecule is COC1CCCCC1C1CC(C)NCC1C(=O)NC1NC2CN(C(=O)C3COC3)CC2S1. The lowest BCUT2D eigenvalue weighted by molar-refractivity contribution is -0.148. The van der Waals surface area contributed by atoms with E-state index >= 15 is 0 Å². The maximum Gasteiger partial charge on any atom is 0.230 e. The number of methoxy groups -OCH3 is 1. The van der Waals surface area contributed by atoms with Crippen molar-refractivity contribution in [2.45, 2.75) is 68.0 Å². The van der Waals surface area contributed by atoms with Gasteiger partial charge in [0.2, 0.25) is 11.8 Å². The number of nitrogens with one attached hydrogen (secondary N) is 3. The van der Waals surface area contributed by atoms with Gasteiger partial charge in [0, 0.05) is 44.1 Å². The first-order valence-corrected chi connectivity index (χ1v) is 13.3. The summed E-state index contributed by atoms with van der Waals surface area (Å²) >= 11 is 1.76. The summed E-state index contributed by atoms with van der Waals surface area (Å²) < 4.78 is 11.0. The van der Waals surface area contributed by atoms with E-state index in [9.17, 15) is 9.59 Å². The molecule has 2 amide bonds. The van der Waals surface area contributed by atoms with Crippen molar-refractivity contribution in [1.29, 1.82) is 0 Å². The molecular weight excluding hydrogens is 428 g/mol. The molecule has 9 heteroatoms. The highest BCUT2D eigenvalue weighted by atomic mass is 32.2. The molecule has 1 aliphatic carbocycles. The number of thioether (sulfide) groups is 1. The van der Waals surface area contributed by atoms with Crippen molar-refractivity contribution in [1.82, 2.24) is 20.9 Å². The van der Waals surface area contributed by atoms with Crippen LogP contribution in [0.1, 0.15) is 39.0 Å². The minimum atomic E-state index is -0.0774. The molecule has 5 rings (SSSR count). The molecule has 0 aromatic heterocycles. The third-order valence-corrected chi connectivity index (χ3v) is 9.64. The fraction of sp³-hybridized carbons (Fsp3) is 0.913. The molecule has 5 fully saturated rings. The second-order valence-electron chi connectivity index (χ2n) is 10.4. The molecule has 180 valence electrons. The van der Waals surface area contributed by atoms with E-state index in [1.54, 1.807) is 11.8 Å². The molecule has 4 heterocycles. The first-order valence-electron chi connectivity index (χ1n) is 12.4. The van der Waals surface area contributed by atoms with Gasteiger partial charge in [0.15, 0.2) is 0 Å². The van der Waals surface area contributed by atoms with Crippen molar-refractivity contribution < 1.29 is 19.1 Å². The topological polar surface area (TPSA) is 91.9 Å². The summed E-state index contributed by atoms with van der Waals surface area (Å²) in [6, 6.07) is 0.679. The van der Waals surface area contributed by atoms with E-state index in [2.05, 4.69) is 22.9 Å². The van der Waals surface area contributed by atoms with Gasteiger partial charge in [-0.15, -0.1) is 11.8 Å². The van der Waals surface area contributed by atoms with Gasteiger partial charge >= 0.3 is 0 Å². The molecule has 5 aliphatic rings. The molecule has 1 saturated carbocycles. The maximum atomic E-state index is 13.4. The number of rotatable bonds is 5. The quantitative estimate of drug-likeness (QED) is 0.551. The molecule has 4 aliphatic heterocycles. The monoisotopic (exact) mass is 466 g/mol. The van der Waals surface area contributed by atoms with E-state index in [0.29, 0.717) is 36.3 Å². The Balaban J connectivity index is 1.17. The number of nitrogens with zero attached hydrogens (tertiary/aromatic N) is 1. The number of carbonyl (C=O) groups is 2. The standard InChI is InChI=1S/C23H38N4O4S/c1-13-7-16(15-5-3-4-6-19(15)30-2)17(8-24-13)21(28)26-23-25-18-9-27(10-20(18)32-23)22(29)14-11-31-12-14/h13-20,23-25H,3-12H2,1-2H3,(H,26,28). The molecule has 0 bridgehead atoms. The number of ether oxygens (including phenoxy) is 2. The van der Waals surface area contributed by atoms with Crippen LogP contribution in [0.25, 0.3) is 0 Å². The van der Waals surface area contributed by atoms with Crippen LogP contribution in [0.2, 0.25) is 0 Å². The van der Waals surface area contributed by atoms with Crippen molar-refractivity contribution in [2.24, 2.45) is 23.7 Å². The predicted molar refractivity (Wildman–Crippen MR) is 123 cm³/mol. The Bertz CT molecular complexity index is 693. The van der Waals surface area contributed by atoms with Crippen molar-refractivity contribution >= 4 is 23.6 Å². The number of carbonyl (C=O) groups excluding carboxylic acids is 2. The summed E-state index contributed by atoms with van der Waals surface area (Å²) in [5, 5.41) is 10.7. The Labute approximate surface area is 195 Å². The van der Waals surface area contributed by atoms with Crippen LogP contribution in [0.5, 0.6) is 0 Å². The zero-order valence-electron chi connectivity index (χ0n) is 19.3. The Morgan fingerprint density at radius 1 is 1.16 bits per heavy atom. The lowest BCUT2D eigenvalue weighted by atomic mass is 9.68. The van der Waals surface area contributed by atoms with Crippen molar-refractivity contribution in [3.05, 3.63) is 0 Å². The Morgan fingerprint density at radius 3 is 2.69 bits per heavy atom. The second kappa shape index (κ2) is 9.78. The predicted octanol–water partition coefficient (Wildman–Crippen LogP) is 0.768. The Morgan fingerprint density at radius 2 is 1.97 bits per heavy atom. The third-order valence-electron chi connectivity index (χ3n) is 8.29. The largest absolute Gasteiger partial charge is 0.381 e. The zero-order valence-corrected chi connectivity index (χ0v) is 20.1. The van der Waals surface area contributed by atoms with E-state index in [-0.39, 0.29) is 41.3 Å². The van der Waals surface area contributed by atoms with Crippen LogP contribution in [0.15, 0.2) is 0 Å². The van der Waals surface area contributed by atoms with Gasteiger partial charge in [0.1, 0.15) is 5.50 Å². The van der Waals surface area contributed by atoms with E-state index in [0.717, 1.165) is 38.9 Å². The van der Waals surface area contributed by atoms with E-state index < -0.39 is 0 Å². The normalized spacial score (nSPS) is 42.4. The fourth-order valence-corrected chi connectivity index (χ4v) is 7.82. The first kappa shape index (κ1) is 22.9. The molecule has 0 spiro atoms. The summed E-state index contributed by atoms with van der Waals surface area (Å²) in [6.45, 7) is 5.56. The van der Waals surface area contributed by atoms with Gasteiger partial charge in [-0.25, -0.2) is 0 Å². The van der Waals surface area contributed by atoms with E-state index in [1.165, 1.54) is 12.8 Å². The number of hydrogen-bond acceptors (Lipinski definition) is 7. The molecule has 8 unspecified atom stereocenters. The summed E-state index contributed by atoms with van der Waals surface area (Å²) in [5.41, 5.74) is -0.0774. The van der Waals surface area contributed by atoms with Gasteiger partial charge < -0.3 is 25.0 Å². The molecule has 3 N–H and O–H groups in total. The number of hydrogen-bond donors (Lipinski definition) is 3. The molecule has 0 aromatic carbocycles. The van der Waals surface area contributed by atoms with Crippen molar-refractivity contribution in [3.63, 3.8) is 0 Å². The first-order chi connectivity index (χ1) is 15.5. The van der Waals surface area contributed by atoms with Gasteiger partial charge in [-0.2, -0.15) is 0 Å². The second-order valence-corrected chi connectivity index (χ2v) is 11.7. The molecular formula is C23H38N4O4S. The number of likely N-dealkylation sites (tertiary alicyclic amines) is 1. The van der Waals surface area contributed by atoms with Gasteiger partial charge in [-0.1, -0.05) is 12.8 Å². The van der Waals surface area contributed by atoms with Crippen LogP contribution >= 0.6 is 11.8 Å². The summed E-state index contributed by atoms with van der Waals surface area (Å²) in [6.07, 6.45) is 6.04. The average molecular weight is 467 g/mol. The van der Waals surface area contributed by atoms with Crippen LogP contribution in [-0.4, -0.2) is 85.6 Å². The smallest absolute Gasteiger partial charge is 0.230 e. The fourth-order valence-electron chi connectivity index (χ4n) is 6.41. The lowest BCUT2D eigenvalue weighted by Gasteiger charge is -2.44. The molecule has 8 atom stereocenters. The van der Waals surface area contributed by atoms with E-state index in [4.69, 9.17) is 9.47 Å². The minimum absolute atomic E-state index is 0.0218. The summed E-state index contributed by atoms with van der Waals surface area (Å²) in [5.74, 6) is 1.22. The number of fused-ring (bicyclic) bond motifs is 1. The lowest BCUT2D eigenvalue weighted by Crippen LogP contribution is -2.55. The molecule has 32 heavy (non-hydrogen) atoms. The van der Waals surface area contributed by atoms with Crippen molar-refractivity contribution in [2.75, 3.05) is 40.0 Å². The van der Waals surface area contributed by atoms with Crippen LogP contribution in [0.3, 0.4) is 0 Å². The number of amides is 2. The van der Waals surface area contributed by atoms with Gasteiger partial charge in [0.05, 0.1) is 31.2 Å². The Kier molecular flexibility index (Phi) is 7.00. The molecule has 4 saturated heterocycles. The molecule has 8 nitrogen and oxygen atoms in total. The highest BCUT2D eigenvalue weighted by Gasteiger charge is 2.47. The third kappa shape index (κ3) is 4.56. The van der Waals surface area contributed by atoms with Crippen LogP contribution in [-0.2, 0) is 19.1 Å². The average Bonchev–Trinajstić information content (AvgIpc) is 3.31. The molecule has 0 aromatic rings. The summed E-state index contributed by atoms with van der Waals surface area (Å²) in [4.78, 5) is 27.9.